The van der Waals surface area contributed by atoms with E-state index in [1.54, 1.807) is 18.3 Å². The molecule has 0 aliphatic carbocycles. The van der Waals surface area contributed by atoms with Crippen molar-refractivity contribution >= 4 is 5.91 Å². The van der Waals surface area contributed by atoms with E-state index < -0.39 is 5.91 Å². The van der Waals surface area contributed by atoms with Gasteiger partial charge in [0.05, 0.1) is 5.56 Å². The largest absolute Gasteiger partial charge is 0.366 e. The van der Waals surface area contributed by atoms with Gasteiger partial charge in [0.2, 0.25) is 5.91 Å². The van der Waals surface area contributed by atoms with E-state index in [1.165, 1.54) is 6.20 Å². The number of hydrogen-bond acceptors (Lipinski definition) is 2. The highest BCUT2D eigenvalue weighted by Gasteiger charge is 1.94. The van der Waals surface area contributed by atoms with Gasteiger partial charge in [0.15, 0.2) is 0 Å². The van der Waals surface area contributed by atoms with Crippen LogP contribution < -0.4 is 5.73 Å². The molecule has 3 nitrogen and oxygen atoms in total. The first-order chi connectivity index (χ1) is 4.30. The zero-order valence-electron chi connectivity index (χ0n) is 4.74. The Morgan fingerprint density at radius 2 is 2.44 bits per heavy atom. The molecule has 1 rings (SSSR count). The van der Waals surface area contributed by atoms with Gasteiger partial charge in [-0.2, -0.15) is 0 Å². The molecular formula is C6H6N2O. The Bertz CT molecular complexity index is 208. The number of carbonyl (C=O) groups is 1. The number of aromatic nitrogens is 1. The summed E-state index contributed by atoms with van der Waals surface area (Å²) in [6.07, 6.45) is 3.02. The summed E-state index contributed by atoms with van der Waals surface area (Å²) in [5.41, 5.74) is 5.38. The fourth-order valence-electron chi connectivity index (χ4n) is 0.509. The number of rotatable bonds is 1. The molecule has 0 radical (unpaired) electrons. The third kappa shape index (κ3) is 1.25. The SMILES string of the molecule is NC(=[18O])c1cccnc1. The number of nitrogens with zero attached hydrogens (tertiary/aromatic N) is 1. The van der Waals surface area contributed by atoms with E-state index in [1.807, 2.05) is 0 Å². The lowest BCUT2D eigenvalue weighted by Crippen LogP contribution is -2.10. The van der Waals surface area contributed by atoms with Gasteiger partial charge in [0, 0.05) is 12.4 Å². The van der Waals surface area contributed by atoms with Crippen molar-refractivity contribution in [1.29, 1.82) is 0 Å². The van der Waals surface area contributed by atoms with Gasteiger partial charge in [-0.05, 0) is 12.1 Å². The maximum absolute atomic E-state index is 10.4. The van der Waals surface area contributed by atoms with Gasteiger partial charge in [0.1, 0.15) is 0 Å². The predicted molar refractivity (Wildman–Crippen MR) is 32.8 cm³/mol. The van der Waals surface area contributed by atoms with E-state index in [2.05, 4.69) is 4.98 Å². The summed E-state index contributed by atoms with van der Waals surface area (Å²) in [5, 5.41) is 0. The summed E-state index contributed by atoms with van der Waals surface area (Å²) in [4.78, 5) is 14.1. The number of carbonyl (C=O) groups excluding carboxylic acids is 1. The summed E-state index contributed by atoms with van der Waals surface area (Å²) < 4.78 is 0. The lowest BCUT2D eigenvalue weighted by Gasteiger charge is -1.88. The number of primary amides is 1. The molecule has 1 amide bonds. The first-order valence-electron chi connectivity index (χ1n) is 2.50. The first kappa shape index (κ1) is 5.75. The molecule has 0 bridgehead atoms. The Morgan fingerprint density at radius 1 is 1.67 bits per heavy atom. The molecule has 9 heavy (non-hydrogen) atoms. The summed E-state index contributed by atoms with van der Waals surface area (Å²) in [6, 6.07) is 3.29. The minimum atomic E-state index is -0.442. The third-order valence-electron chi connectivity index (χ3n) is 0.946. The highest BCUT2D eigenvalue weighted by atomic mass is 18.1. The van der Waals surface area contributed by atoms with Crippen molar-refractivity contribution in [2.45, 2.75) is 0 Å². The molecule has 0 aliphatic rings. The summed E-state index contributed by atoms with van der Waals surface area (Å²) in [6.45, 7) is 0. The topological polar surface area (TPSA) is 56.0 Å². The van der Waals surface area contributed by atoms with Crippen LogP contribution in [0.2, 0.25) is 0 Å². The molecular weight excluding hydrogens is 118 g/mol. The Labute approximate surface area is 52.5 Å². The van der Waals surface area contributed by atoms with Gasteiger partial charge in [0.25, 0.3) is 0 Å². The summed E-state index contributed by atoms with van der Waals surface area (Å²) >= 11 is 0. The third-order valence-corrected chi connectivity index (χ3v) is 0.946. The number of pyridine rings is 1. The van der Waals surface area contributed by atoms with Crippen LogP contribution in [0.4, 0.5) is 0 Å². The molecule has 0 aromatic carbocycles. The molecule has 0 fully saturated rings. The van der Waals surface area contributed by atoms with Gasteiger partial charge in [-0.3, -0.25) is 9.78 Å². The average Bonchev–Trinajstić information content (AvgIpc) is 1.90. The van der Waals surface area contributed by atoms with Crippen LogP contribution in [0.1, 0.15) is 10.4 Å². The number of amides is 1. The lowest BCUT2D eigenvalue weighted by atomic mass is 10.3. The van der Waals surface area contributed by atoms with Gasteiger partial charge in [-0.1, -0.05) is 0 Å². The standard InChI is InChI=1S/C6H6N2O/c7-6(9)5-2-1-3-8-4-5/h1-4H,(H2,7,9)/i9+2. The normalized spacial score (nSPS) is 8.89. The highest BCUT2D eigenvalue weighted by Crippen LogP contribution is 1.91. The van der Waals surface area contributed by atoms with Crippen molar-refractivity contribution in [2.75, 3.05) is 0 Å². The number of hydrogen-bond donors (Lipinski definition) is 1. The van der Waals surface area contributed by atoms with Crippen LogP contribution >= 0.6 is 0 Å². The van der Waals surface area contributed by atoms with Crippen molar-refractivity contribution in [3.63, 3.8) is 0 Å². The zero-order valence-corrected chi connectivity index (χ0v) is 4.74. The van der Waals surface area contributed by atoms with Crippen molar-refractivity contribution in [1.82, 2.24) is 4.98 Å². The molecule has 1 aromatic rings. The molecule has 3 heteroatoms. The highest BCUT2D eigenvalue weighted by molar-refractivity contribution is 5.92. The molecule has 1 aromatic heterocycles. The fourth-order valence-corrected chi connectivity index (χ4v) is 0.509. The van der Waals surface area contributed by atoms with Crippen LogP contribution in [-0.2, 0) is 0 Å². The van der Waals surface area contributed by atoms with E-state index >= 15 is 0 Å². The van der Waals surface area contributed by atoms with Crippen molar-refractivity contribution in [2.24, 2.45) is 5.73 Å². The van der Waals surface area contributed by atoms with Crippen LogP contribution in [0.5, 0.6) is 0 Å². The second-order valence-corrected chi connectivity index (χ2v) is 1.61. The molecule has 0 unspecified atom stereocenters. The van der Waals surface area contributed by atoms with E-state index in [0.29, 0.717) is 5.56 Å². The zero-order chi connectivity index (χ0) is 6.69. The Balaban J connectivity index is 2.98. The molecule has 0 spiro atoms. The van der Waals surface area contributed by atoms with Crippen molar-refractivity contribution < 1.29 is 4.79 Å². The second kappa shape index (κ2) is 2.26. The molecule has 1 heterocycles. The van der Waals surface area contributed by atoms with Crippen LogP contribution in [0.3, 0.4) is 0 Å². The van der Waals surface area contributed by atoms with Crippen molar-refractivity contribution in [3.8, 4) is 0 Å². The second-order valence-electron chi connectivity index (χ2n) is 1.61. The van der Waals surface area contributed by atoms with Crippen LogP contribution in [0.15, 0.2) is 24.5 Å². The maximum Gasteiger partial charge on any atom is 0.250 e. The Morgan fingerprint density at radius 3 is 2.78 bits per heavy atom. The summed E-state index contributed by atoms with van der Waals surface area (Å²) in [5.74, 6) is -0.442. The Kier molecular flexibility index (Phi) is 1.44. The monoisotopic (exact) mass is 124 g/mol. The predicted octanol–water partition coefficient (Wildman–Crippen LogP) is 0.181. The van der Waals surface area contributed by atoms with Crippen LogP contribution in [0.25, 0.3) is 0 Å². The average molecular weight is 124 g/mol. The molecule has 0 aliphatic heterocycles. The quantitative estimate of drug-likeness (QED) is 0.543. The van der Waals surface area contributed by atoms with E-state index in [0.717, 1.165) is 0 Å². The minimum Gasteiger partial charge on any atom is -0.366 e. The molecule has 0 saturated heterocycles. The van der Waals surface area contributed by atoms with Gasteiger partial charge in [-0.15, -0.1) is 0 Å². The fraction of sp³-hybridized carbons (Fsp3) is 0. The van der Waals surface area contributed by atoms with E-state index in [9.17, 15) is 4.79 Å². The van der Waals surface area contributed by atoms with E-state index in [4.69, 9.17) is 5.73 Å². The van der Waals surface area contributed by atoms with Crippen LogP contribution in [-0.4, -0.2) is 10.9 Å². The van der Waals surface area contributed by atoms with Gasteiger partial charge < -0.3 is 5.73 Å². The number of nitrogens with two attached hydrogens (primary N) is 1. The molecule has 2 N–H and O–H groups in total. The molecule has 0 atom stereocenters. The molecule has 46 valence electrons. The van der Waals surface area contributed by atoms with Gasteiger partial charge >= 0.3 is 0 Å². The first-order valence-corrected chi connectivity index (χ1v) is 2.50. The smallest absolute Gasteiger partial charge is 0.250 e. The molecule has 0 saturated carbocycles. The van der Waals surface area contributed by atoms with Crippen LogP contribution in [0, 0.1) is 0 Å². The van der Waals surface area contributed by atoms with Crippen molar-refractivity contribution in [3.05, 3.63) is 30.1 Å². The maximum atomic E-state index is 10.4. The van der Waals surface area contributed by atoms with Gasteiger partial charge in [-0.25, -0.2) is 0 Å². The lowest BCUT2D eigenvalue weighted by molar-refractivity contribution is 0.1000. The summed E-state index contributed by atoms with van der Waals surface area (Å²) in [7, 11) is 0. The minimum absolute atomic E-state index is 0.442. The van der Waals surface area contributed by atoms with E-state index in [-0.39, 0.29) is 0 Å². The Hall–Kier alpha value is -1.38.